The van der Waals surface area contributed by atoms with Crippen LogP contribution in [0, 0.1) is 5.92 Å². The van der Waals surface area contributed by atoms with Crippen molar-refractivity contribution in [2.45, 2.75) is 59.2 Å². The highest BCUT2D eigenvalue weighted by atomic mass is 16.6. The van der Waals surface area contributed by atoms with E-state index in [9.17, 15) is 4.79 Å². The molecule has 1 aromatic rings. The van der Waals surface area contributed by atoms with Gasteiger partial charge < -0.3 is 9.47 Å². The van der Waals surface area contributed by atoms with Crippen molar-refractivity contribution >= 4 is 5.97 Å². The van der Waals surface area contributed by atoms with Crippen molar-refractivity contribution in [3.63, 3.8) is 0 Å². The van der Waals surface area contributed by atoms with E-state index in [0.29, 0.717) is 12.5 Å². The lowest BCUT2D eigenvalue weighted by atomic mass is 10.0. The highest BCUT2D eigenvalue weighted by Gasteiger charge is 2.14. The molecule has 0 unspecified atom stereocenters. The Morgan fingerprint density at radius 3 is 2.52 bits per heavy atom. The molecule has 23 heavy (non-hydrogen) atoms. The Bertz CT molecular complexity index is 471. The van der Waals surface area contributed by atoms with Crippen molar-refractivity contribution in [1.29, 1.82) is 0 Å². The summed E-state index contributed by atoms with van der Waals surface area (Å²) in [5.74, 6) is 0.104. The molecule has 3 heteroatoms. The van der Waals surface area contributed by atoms with Crippen LogP contribution in [0.1, 0.15) is 52.5 Å². The van der Waals surface area contributed by atoms with Crippen LogP contribution in [0.15, 0.2) is 42.5 Å². The summed E-state index contributed by atoms with van der Waals surface area (Å²) >= 11 is 0. The molecular weight excluding hydrogens is 288 g/mol. The van der Waals surface area contributed by atoms with Crippen LogP contribution in [0.3, 0.4) is 0 Å². The highest BCUT2D eigenvalue weighted by Crippen LogP contribution is 2.12. The number of ether oxygens (including phenoxy) is 2. The minimum atomic E-state index is -0.430. The van der Waals surface area contributed by atoms with Crippen molar-refractivity contribution < 1.29 is 14.3 Å². The highest BCUT2D eigenvalue weighted by molar-refractivity contribution is 5.82. The van der Waals surface area contributed by atoms with E-state index in [1.165, 1.54) is 5.56 Å². The van der Waals surface area contributed by atoms with E-state index < -0.39 is 5.60 Å². The molecule has 0 N–H and O–H groups in total. The first-order valence-corrected chi connectivity index (χ1v) is 8.39. The Morgan fingerprint density at radius 2 is 1.87 bits per heavy atom. The number of hydrogen-bond donors (Lipinski definition) is 0. The number of unbranched alkanes of at least 4 members (excludes halogenated alkanes) is 1. The van der Waals surface area contributed by atoms with Crippen molar-refractivity contribution in [3.8, 4) is 0 Å². The maximum atomic E-state index is 11.6. The van der Waals surface area contributed by atoms with Crippen LogP contribution in [0.5, 0.6) is 0 Å². The predicted octanol–water partition coefficient (Wildman–Crippen LogP) is 4.91. The molecule has 128 valence electrons. The number of benzene rings is 1. The first kappa shape index (κ1) is 19.4. The van der Waals surface area contributed by atoms with E-state index in [0.717, 1.165) is 25.9 Å². The summed E-state index contributed by atoms with van der Waals surface area (Å²) in [6, 6.07) is 10.2. The van der Waals surface area contributed by atoms with Gasteiger partial charge in [-0.15, -0.1) is 0 Å². The normalized spacial score (nSPS) is 13.2. The second-order valence-corrected chi connectivity index (χ2v) is 6.90. The van der Waals surface area contributed by atoms with E-state index in [1.807, 2.05) is 45.0 Å². The van der Waals surface area contributed by atoms with Gasteiger partial charge in [-0.1, -0.05) is 49.8 Å². The molecule has 0 saturated heterocycles. The molecule has 3 nitrogen and oxygen atoms in total. The van der Waals surface area contributed by atoms with Gasteiger partial charge in [0.15, 0.2) is 0 Å². The van der Waals surface area contributed by atoms with E-state index in [4.69, 9.17) is 9.47 Å². The van der Waals surface area contributed by atoms with Gasteiger partial charge in [0.2, 0.25) is 0 Å². The topological polar surface area (TPSA) is 35.5 Å². The number of carbonyl (C=O) groups is 1. The third kappa shape index (κ3) is 10.7. The zero-order valence-corrected chi connectivity index (χ0v) is 14.9. The number of allylic oxidation sites excluding steroid dienone is 1. The number of rotatable bonds is 9. The Morgan fingerprint density at radius 1 is 1.17 bits per heavy atom. The van der Waals surface area contributed by atoms with E-state index in [-0.39, 0.29) is 5.97 Å². The number of carbonyl (C=O) groups excluding carboxylic acids is 1. The quantitative estimate of drug-likeness (QED) is 0.369. The molecule has 0 aliphatic heterocycles. The monoisotopic (exact) mass is 318 g/mol. The van der Waals surface area contributed by atoms with Crippen molar-refractivity contribution in [2.24, 2.45) is 5.92 Å². The fourth-order valence-corrected chi connectivity index (χ4v) is 2.11. The van der Waals surface area contributed by atoms with Crippen molar-refractivity contribution in [2.75, 3.05) is 6.61 Å². The Balaban J connectivity index is 2.07. The molecule has 0 bridgehead atoms. The molecule has 0 aliphatic rings. The lowest BCUT2D eigenvalue weighted by molar-refractivity contribution is -0.148. The van der Waals surface area contributed by atoms with E-state index in [2.05, 4.69) is 19.1 Å². The van der Waals surface area contributed by atoms with Crippen LogP contribution >= 0.6 is 0 Å². The first-order valence-electron chi connectivity index (χ1n) is 8.39. The smallest absolute Gasteiger partial charge is 0.330 e. The zero-order chi connectivity index (χ0) is 17.1. The second kappa shape index (κ2) is 10.2. The summed E-state index contributed by atoms with van der Waals surface area (Å²) in [7, 11) is 0. The van der Waals surface area contributed by atoms with Gasteiger partial charge in [0.1, 0.15) is 5.60 Å². The maximum Gasteiger partial charge on any atom is 0.330 e. The Kier molecular flexibility index (Phi) is 8.64. The molecule has 0 saturated carbocycles. The van der Waals surface area contributed by atoms with Crippen LogP contribution in [0.2, 0.25) is 0 Å². The van der Waals surface area contributed by atoms with Gasteiger partial charge in [0, 0.05) is 12.7 Å². The molecule has 0 heterocycles. The SMILES string of the molecule is C[C@@H](/C=C/C(=O)OC(C)(C)C)CCCCOCc1ccccc1. The molecular formula is C20H30O3. The van der Waals surface area contributed by atoms with Crippen LogP contribution in [0.4, 0.5) is 0 Å². The molecule has 1 aromatic carbocycles. The lowest BCUT2D eigenvalue weighted by Gasteiger charge is -2.18. The predicted molar refractivity (Wildman–Crippen MR) is 94.1 cm³/mol. The van der Waals surface area contributed by atoms with Crippen LogP contribution in [-0.4, -0.2) is 18.2 Å². The summed E-state index contributed by atoms with van der Waals surface area (Å²) in [6.45, 7) is 9.19. The molecule has 0 spiro atoms. The second-order valence-electron chi connectivity index (χ2n) is 6.90. The average molecular weight is 318 g/mol. The summed E-state index contributed by atoms with van der Waals surface area (Å²) in [5, 5.41) is 0. The fraction of sp³-hybridized carbons (Fsp3) is 0.550. The van der Waals surface area contributed by atoms with Gasteiger partial charge in [-0.05, 0) is 45.1 Å². The largest absolute Gasteiger partial charge is 0.457 e. The maximum absolute atomic E-state index is 11.6. The average Bonchev–Trinajstić information content (AvgIpc) is 2.48. The van der Waals surface area contributed by atoms with Gasteiger partial charge in [-0.3, -0.25) is 0 Å². The summed E-state index contributed by atoms with van der Waals surface area (Å²) < 4.78 is 10.9. The number of hydrogen-bond acceptors (Lipinski definition) is 3. The van der Waals surface area contributed by atoms with Gasteiger partial charge in [0.05, 0.1) is 6.61 Å². The van der Waals surface area contributed by atoms with Crippen molar-refractivity contribution in [3.05, 3.63) is 48.0 Å². The van der Waals surface area contributed by atoms with Crippen LogP contribution < -0.4 is 0 Å². The molecule has 0 radical (unpaired) electrons. The third-order valence-corrected chi connectivity index (χ3v) is 3.28. The van der Waals surface area contributed by atoms with Crippen LogP contribution in [-0.2, 0) is 20.9 Å². The van der Waals surface area contributed by atoms with Gasteiger partial charge >= 0.3 is 5.97 Å². The summed E-state index contributed by atoms with van der Waals surface area (Å²) in [5.41, 5.74) is 0.780. The molecule has 1 rings (SSSR count). The Labute approximate surface area is 140 Å². The van der Waals surface area contributed by atoms with Gasteiger partial charge in [0.25, 0.3) is 0 Å². The molecule has 0 aliphatic carbocycles. The van der Waals surface area contributed by atoms with Crippen LogP contribution in [0.25, 0.3) is 0 Å². The summed E-state index contributed by atoms with van der Waals surface area (Å²) in [6.07, 6.45) is 6.65. The first-order chi connectivity index (χ1) is 10.9. The number of esters is 1. The van der Waals surface area contributed by atoms with Crippen molar-refractivity contribution in [1.82, 2.24) is 0 Å². The van der Waals surface area contributed by atoms with Gasteiger partial charge in [-0.2, -0.15) is 0 Å². The van der Waals surface area contributed by atoms with E-state index >= 15 is 0 Å². The molecule has 1 atom stereocenters. The lowest BCUT2D eigenvalue weighted by Crippen LogP contribution is -2.22. The van der Waals surface area contributed by atoms with Gasteiger partial charge in [-0.25, -0.2) is 4.79 Å². The minimum absolute atomic E-state index is 0.268. The fourth-order valence-electron chi connectivity index (χ4n) is 2.11. The zero-order valence-electron chi connectivity index (χ0n) is 14.9. The van der Waals surface area contributed by atoms with E-state index in [1.54, 1.807) is 6.08 Å². The minimum Gasteiger partial charge on any atom is -0.457 e. The Hall–Kier alpha value is -1.61. The molecule has 0 aromatic heterocycles. The molecule has 0 fully saturated rings. The summed E-state index contributed by atoms with van der Waals surface area (Å²) in [4.78, 5) is 11.6. The standard InChI is InChI=1S/C20H30O3/c1-17(13-14-19(21)23-20(2,3)4)10-8-9-15-22-16-18-11-6-5-7-12-18/h5-7,11-14,17H,8-10,15-16H2,1-4H3/b14-13+/t17-/m1/s1. The third-order valence-electron chi connectivity index (χ3n) is 3.28. The molecule has 0 amide bonds.